The molecule has 0 spiro atoms. The Balaban J connectivity index is 1.31. The first kappa shape index (κ1) is 22.5. The van der Waals surface area contributed by atoms with Crippen molar-refractivity contribution >= 4 is 28.9 Å². The third-order valence-electron chi connectivity index (χ3n) is 6.22. The molecular weight excluding hydrogens is 464 g/mol. The number of carbonyl (C=O) groups excluding carboxylic acids is 1. The molecule has 3 aliphatic heterocycles. The predicted octanol–water partition coefficient (Wildman–Crippen LogP) is 4.00. The number of benzene rings is 1. The first-order valence-electron chi connectivity index (χ1n) is 10.9. The van der Waals surface area contributed by atoms with Crippen LogP contribution in [-0.4, -0.2) is 58.1 Å². The number of aliphatic imine (C=N–C) groups is 1. The molecule has 1 saturated heterocycles. The number of hydrogen-bond acceptors (Lipinski definition) is 6. The number of rotatable bonds is 5. The summed E-state index contributed by atoms with van der Waals surface area (Å²) in [4.78, 5) is 23.5. The topological polar surface area (TPSA) is 70.4 Å². The number of hydrazone groups is 1. The first-order valence-corrected chi connectivity index (χ1v) is 11.3. The van der Waals surface area contributed by atoms with E-state index in [0.717, 1.165) is 23.3 Å². The molecule has 3 aliphatic rings. The fourth-order valence-electron chi connectivity index (χ4n) is 4.48. The summed E-state index contributed by atoms with van der Waals surface area (Å²) >= 11 is 6.33. The fraction of sp³-hybridized carbons (Fsp3) is 0.333. The highest BCUT2D eigenvalue weighted by atomic mass is 35.5. The Morgan fingerprint density at radius 2 is 2.03 bits per heavy atom. The van der Waals surface area contributed by atoms with Gasteiger partial charge < -0.3 is 9.64 Å². The van der Waals surface area contributed by atoms with Crippen LogP contribution in [0.25, 0.3) is 0 Å². The van der Waals surface area contributed by atoms with Crippen molar-refractivity contribution in [3.8, 4) is 5.75 Å². The molecule has 1 aromatic heterocycles. The van der Waals surface area contributed by atoms with Crippen molar-refractivity contribution in [3.05, 3.63) is 70.1 Å². The van der Waals surface area contributed by atoms with Gasteiger partial charge >= 0.3 is 0 Å². The van der Waals surface area contributed by atoms with Crippen LogP contribution in [0.5, 0.6) is 5.75 Å². The van der Waals surface area contributed by atoms with Crippen LogP contribution in [0.1, 0.15) is 29.8 Å². The van der Waals surface area contributed by atoms with Crippen molar-refractivity contribution < 1.29 is 18.3 Å². The smallest absolute Gasteiger partial charge is 0.257 e. The Hall–Kier alpha value is -3.33. The Morgan fingerprint density at radius 1 is 1.21 bits per heavy atom. The van der Waals surface area contributed by atoms with Crippen LogP contribution in [0, 0.1) is 17.6 Å². The lowest BCUT2D eigenvalue weighted by Gasteiger charge is -2.30. The van der Waals surface area contributed by atoms with Gasteiger partial charge in [-0.2, -0.15) is 5.10 Å². The standard InChI is InChI=1S/C24H22ClF2N5O2/c1-13-22(25)14(2)32-23(29-13)19-11-31(12-20(19)30-32)24(33)18-4-3-16(26)8-21(18)34-6-5-15-7-17(27)10-28-9-15/h3-4,7-10,19,23H,5-6,11-12H2,1-2H3. The highest BCUT2D eigenvalue weighted by Crippen LogP contribution is 2.37. The minimum Gasteiger partial charge on any atom is -0.492 e. The molecule has 2 aromatic rings. The molecule has 34 heavy (non-hydrogen) atoms. The highest BCUT2D eigenvalue weighted by molar-refractivity contribution is 6.43. The van der Waals surface area contributed by atoms with E-state index in [-0.39, 0.29) is 35.9 Å². The van der Waals surface area contributed by atoms with Gasteiger partial charge in [-0.1, -0.05) is 11.6 Å². The normalized spacial score (nSPS) is 21.3. The average Bonchev–Trinajstić information content (AvgIpc) is 3.36. The highest BCUT2D eigenvalue weighted by Gasteiger charge is 2.46. The van der Waals surface area contributed by atoms with Gasteiger partial charge in [-0.25, -0.2) is 13.8 Å². The van der Waals surface area contributed by atoms with Crippen molar-refractivity contribution in [3.63, 3.8) is 0 Å². The molecular formula is C24H22ClF2N5O2. The fourth-order valence-corrected chi connectivity index (χ4v) is 4.62. The van der Waals surface area contributed by atoms with Gasteiger partial charge in [0.2, 0.25) is 0 Å². The molecule has 0 radical (unpaired) electrons. The summed E-state index contributed by atoms with van der Waals surface area (Å²) in [7, 11) is 0. The van der Waals surface area contributed by atoms with E-state index in [2.05, 4.69) is 15.1 Å². The largest absolute Gasteiger partial charge is 0.492 e. The van der Waals surface area contributed by atoms with Crippen molar-refractivity contribution in [1.29, 1.82) is 0 Å². The summed E-state index contributed by atoms with van der Waals surface area (Å²) in [5, 5.41) is 7.09. The summed E-state index contributed by atoms with van der Waals surface area (Å²) in [5.41, 5.74) is 3.38. The van der Waals surface area contributed by atoms with Crippen LogP contribution in [0.15, 0.2) is 57.5 Å². The second-order valence-electron chi connectivity index (χ2n) is 8.51. The summed E-state index contributed by atoms with van der Waals surface area (Å²) in [6.45, 7) is 4.69. The molecule has 7 nitrogen and oxygen atoms in total. The van der Waals surface area contributed by atoms with Gasteiger partial charge in [0.25, 0.3) is 5.91 Å². The van der Waals surface area contributed by atoms with Gasteiger partial charge in [-0.05, 0) is 37.6 Å². The number of carbonyl (C=O) groups is 1. The van der Waals surface area contributed by atoms with Crippen molar-refractivity contribution in [2.45, 2.75) is 26.4 Å². The number of fused-ring (bicyclic) bond motifs is 3. The number of nitrogens with zero attached hydrogens (tertiary/aromatic N) is 5. The molecule has 1 fully saturated rings. The minimum absolute atomic E-state index is 0.0380. The molecule has 0 bridgehead atoms. The maximum absolute atomic E-state index is 14.0. The molecule has 5 rings (SSSR count). The van der Waals surface area contributed by atoms with E-state index in [0.29, 0.717) is 30.1 Å². The number of ether oxygens (including phenoxy) is 1. The second-order valence-corrected chi connectivity index (χ2v) is 8.88. The molecule has 1 amide bonds. The van der Waals surface area contributed by atoms with Crippen LogP contribution in [-0.2, 0) is 6.42 Å². The van der Waals surface area contributed by atoms with Crippen LogP contribution >= 0.6 is 11.6 Å². The van der Waals surface area contributed by atoms with E-state index in [1.807, 2.05) is 18.9 Å². The number of likely N-dealkylation sites (tertiary alicyclic amines) is 1. The van der Waals surface area contributed by atoms with Gasteiger partial charge in [0, 0.05) is 25.2 Å². The van der Waals surface area contributed by atoms with Gasteiger partial charge in [-0.15, -0.1) is 0 Å². The summed E-state index contributed by atoms with van der Waals surface area (Å²) in [6, 6.07) is 5.21. The molecule has 0 N–H and O–H groups in total. The zero-order valence-electron chi connectivity index (χ0n) is 18.6. The van der Waals surface area contributed by atoms with Crippen molar-refractivity contribution in [2.24, 2.45) is 16.0 Å². The summed E-state index contributed by atoms with van der Waals surface area (Å²) in [5.74, 6) is -1.11. The monoisotopic (exact) mass is 485 g/mol. The predicted molar refractivity (Wildman–Crippen MR) is 124 cm³/mol. The molecule has 0 aliphatic carbocycles. The Kier molecular flexibility index (Phi) is 5.81. The minimum atomic E-state index is -0.511. The number of allylic oxidation sites excluding steroid dienone is 2. The van der Waals surface area contributed by atoms with E-state index >= 15 is 0 Å². The Bertz CT molecular complexity index is 1260. The summed E-state index contributed by atoms with van der Waals surface area (Å²) in [6.07, 6.45) is 2.80. The number of pyridine rings is 1. The molecule has 2 unspecified atom stereocenters. The van der Waals surface area contributed by atoms with Crippen LogP contribution in [0.2, 0.25) is 0 Å². The molecule has 10 heteroatoms. The maximum Gasteiger partial charge on any atom is 0.257 e. The van der Waals surface area contributed by atoms with Gasteiger partial charge in [0.1, 0.15) is 17.4 Å². The van der Waals surface area contributed by atoms with E-state index in [4.69, 9.17) is 16.3 Å². The summed E-state index contributed by atoms with van der Waals surface area (Å²) < 4.78 is 33.0. The second kappa shape index (κ2) is 8.79. The van der Waals surface area contributed by atoms with Crippen molar-refractivity contribution in [2.75, 3.05) is 19.7 Å². The van der Waals surface area contributed by atoms with E-state index in [1.54, 1.807) is 4.90 Å². The lowest BCUT2D eigenvalue weighted by atomic mass is 10.0. The first-order chi connectivity index (χ1) is 16.3. The number of hydrogen-bond donors (Lipinski definition) is 0. The molecule has 4 heterocycles. The molecule has 176 valence electrons. The number of aromatic nitrogens is 1. The quantitative estimate of drug-likeness (QED) is 0.642. The molecule has 1 aromatic carbocycles. The van der Waals surface area contributed by atoms with E-state index < -0.39 is 11.6 Å². The van der Waals surface area contributed by atoms with Gasteiger partial charge in [-0.3, -0.25) is 14.8 Å². The van der Waals surface area contributed by atoms with Gasteiger partial charge in [0.05, 0.1) is 53.0 Å². The third kappa shape index (κ3) is 4.04. The van der Waals surface area contributed by atoms with E-state index in [9.17, 15) is 13.6 Å². The van der Waals surface area contributed by atoms with Crippen LogP contribution in [0.3, 0.4) is 0 Å². The van der Waals surface area contributed by atoms with Crippen LogP contribution < -0.4 is 4.74 Å². The molecule has 2 atom stereocenters. The zero-order chi connectivity index (χ0) is 24.0. The average molecular weight is 486 g/mol. The lowest BCUT2D eigenvalue weighted by Crippen LogP contribution is -2.38. The van der Waals surface area contributed by atoms with Crippen LogP contribution in [0.4, 0.5) is 8.78 Å². The van der Waals surface area contributed by atoms with Gasteiger partial charge in [0.15, 0.2) is 6.17 Å². The van der Waals surface area contributed by atoms with E-state index in [1.165, 1.54) is 30.5 Å². The third-order valence-corrected chi connectivity index (χ3v) is 6.77. The zero-order valence-corrected chi connectivity index (χ0v) is 19.4. The Labute approximate surface area is 200 Å². The SMILES string of the molecule is CC1=NC2C3CN(C(=O)c4ccc(F)cc4OCCc4cncc(F)c4)CC3=NN2C(C)=C1Cl. The molecule has 0 saturated carbocycles. The Morgan fingerprint density at radius 3 is 2.82 bits per heavy atom. The maximum atomic E-state index is 14.0. The number of halogens is 3. The lowest BCUT2D eigenvalue weighted by molar-refractivity contribution is 0.0772. The number of amides is 1. The van der Waals surface area contributed by atoms with Crippen molar-refractivity contribution in [1.82, 2.24) is 14.9 Å².